The lowest BCUT2D eigenvalue weighted by Crippen LogP contribution is -2.31. The van der Waals surface area contributed by atoms with Crippen LogP contribution in [0.4, 0.5) is 17.3 Å². The van der Waals surface area contributed by atoms with Crippen LogP contribution in [0.25, 0.3) is 0 Å². The highest BCUT2D eigenvalue weighted by Gasteiger charge is 2.19. The van der Waals surface area contributed by atoms with Gasteiger partial charge in [-0.15, -0.1) is 0 Å². The molecule has 4 N–H and O–H groups in total. The van der Waals surface area contributed by atoms with E-state index in [4.69, 9.17) is 11.5 Å². The van der Waals surface area contributed by atoms with Crippen LogP contribution in [0.3, 0.4) is 0 Å². The molecule has 1 heterocycles. The molecule has 0 aromatic carbocycles. The number of likely N-dealkylation sites (N-methyl/N-ethyl adjacent to an activating group) is 1. The Kier molecular flexibility index (Phi) is 3.24. The van der Waals surface area contributed by atoms with Gasteiger partial charge in [-0.3, -0.25) is 14.9 Å². The summed E-state index contributed by atoms with van der Waals surface area (Å²) in [5.41, 5.74) is 10.2. The molecule has 16 heavy (non-hydrogen) atoms. The van der Waals surface area contributed by atoms with E-state index in [0.29, 0.717) is 0 Å². The molecule has 0 unspecified atom stereocenters. The number of hydrogen-bond donors (Lipinski definition) is 2. The zero-order chi connectivity index (χ0) is 12.3. The minimum absolute atomic E-state index is 0.0174. The Hall–Kier alpha value is -2.38. The summed E-state index contributed by atoms with van der Waals surface area (Å²) in [5, 5.41) is 10.7. The summed E-state index contributed by atoms with van der Waals surface area (Å²) in [4.78, 5) is 25.9. The smallest absolute Gasteiger partial charge is 0.311 e. The summed E-state index contributed by atoms with van der Waals surface area (Å²) in [6, 6.07) is 2.55. The van der Waals surface area contributed by atoms with Crippen molar-refractivity contribution in [3.8, 4) is 0 Å². The number of primary amides is 1. The highest BCUT2D eigenvalue weighted by Crippen LogP contribution is 2.25. The number of nitrogens with zero attached hydrogens (tertiary/aromatic N) is 3. The Morgan fingerprint density at radius 3 is 2.75 bits per heavy atom. The van der Waals surface area contributed by atoms with Crippen LogP contribution in [0.1, 0.15) is 0 Å². The highest BCUT2D eigenvalue weighted by atomic mass is 16.6. The van der Waals surface area contributed by atoms with E-state index >= 15 is 0 Å². The molecular weight excluding hydrogens is 214 g/mol. The fourth-order valence-corrected chi connectivity index (χ4v) is 1.19. The first-order valence-electron chi connectivity index (χ1n) is 4.32. The summed E-state index contributed by atoms with van der Waals surface area (Å²) in [7, 11) is 1.47. The van der Waals surface area contributed by atoms with Crippen LogP contribution < -0.4 is 16.4 Å². The summed E-state index contributed by atoms with van der Waals surface area (Å²) in [5.74, 6) is -0.457. The normalized spacial score (nSPS) is 9.81. The Labute approximate surface area is 91.0 Å². The molecule has 1 aromatic heterocycles. The van der Waals surface area contributed by atoms with Crippen LogP contribution in [-0.4, -0.2) is 29.4 Å². The number of hydrogen-bond acceptors (Lipinski definition) is 6. The molecule has 0 spiro atoms. The number of amides is 1. The number of pyridine rings is 1. The van der Waals surface area contributed by atoms with E-state index in [1.165, 1.54) is 24.1 Å². The van der Waals surface area contributed by atoms with Crippen molar-refractivity contribution in [3.63, 3.8) is 0 Å². The van der Waals surface area contributed by atoms with E-state index in [9.17, 15) is 14.9 Å². The third kappa shape index (κ3) is 2.56. The Morgan fingerprint density at radius 1 is 1.62 bits per heavy atom. The van der Waals surface area contributed by atoms with Crippen molar-refractivity contribution >= 4 is 23.2 Å². The fraction of sp³-hybridized carbons (Fsp3) is 0.250. The minimum Gasteiger partial charge on any atom is -0.384 e. The lowest BCUT2D eigenvalue weighted by molar-refractivity contribution is -0.384. The highest BCUT2D eigenvalue weighted by molar-refractivity contribution is 5.80. The first kappa shape index (κ1) is 11.7. The molecule has 1 rings (SSSR count). The number of carbonyl (C=O) groups is 1. The summed E-state index contributed by atoms with van der Waals surface area (Å²) in [6.07, 6.45) is 0. The maximum Gasteiger partial charge on any atom is 0.311 e. The van der Waals surface area contributed by atoms with Gasteiger partial charge in [0, 0.05) is 13.1 Å². The van der Waals surface area contributed by atoms with Gasteiger partial charge in [-0.1, -0.05) is 0 Å². The standard InChI is InChI=1S/C8H11N5O3/c1-12(4-7(10)14)8-5(13(15)16)2-3-6(9)11-8/h2-3H,4H2,1H3,(H2,9,11)(H2,10,14). The van der Waals surface area contributed by atoms with Crippen molar-refractivity contribution in [1.82, 2.24) is 4.98 Å². The van der Waals surface area contributed by atoms with Gasteiger partial charge in [-0.2, -0.15) is 0 Å². The SMILES string of the molecule is CN(CC(N)=O)c1nc(N)ccc1[N+](=O)[O-]. The van der Waals surface area contributed by atoms with E-state index in [0.717, 1.165) is 0 Å². The number of rotatable bonds is 4. The lowest BCUT2D eigenvalue weighted by atomic mass is 10.3. The Morgan fingerprint density at radius 2 is 2.25 bits per heavy atom. The topological polar surface area (TPSA) is 128 Å². The summed E-state index contributed by atoms with van der Waals surface area (Å²) in [6.45, 7) is -0.169. The first-order chi connectivity index (χ1) is 7.41. The third-order valence-electron chi connectivity index (χ3n) is 1.83. The number of carbonyl (C=O) groups excluding carboxylic acids is 1. The van der Waals surface area contributed by atoms with Crippen LogP contribution in [-0.2, 0) is 4.79 Å². The van der Waals surface area contributed by atoms with Gasteiger partial charge in [0.15, 0.2) is 0 Å². The maximum absolute atomic E-state index is 10.7. The van der Waals surface area contributed by atoms with E-state index in [1.807, 2.05) is 0 Å². The second-order valence-electron chi connectivity index (χ2n) is 3.16. The van der Waals surface area contributed by atoms with Gasteiger partial charge < -0.3 is 16.4 Å². The number of nitrogen functional groups attached to an aromatic ring is 1. The van der Waals surface area contributed by atoms with E-state index in [2.05, 4.69) is 4.98 Å². The van der Waals surface area contributed by atoms with Gasteiger partial charge in [0.05, 0.1) is 11.5 Å². The minimum atomic E-state index is -0.610. The number of anilines is 2. The Bertz CT molecular complexity index is 434. The molecule has 1 amide bonds. The second-order valence-corrected chi connectivity index (χ2v) is 3.16. The molecule has 0 bridgehead atoms. The van der Waals surface area contributed by atoms with Gasteiger partial charge in [0.1, 0.15) is 5.82 Å². The van der Waals surface area contributed by atoms with Crippen molar-refractivity contribution in [2.75, 3.05) is 24.2 Å². The zero-order valence-electron chi connectivity index (χ0n) is 8.58. The van der Waals surface area contributed by atoms with Gasteiger partial charge in [-0.05, 0) is 6.07 Å². The van der Waals surface area contributed by atoms with Crippen LogP contribution in [0.15, 0.2) is 12.1 Å². The molecule has 86 valence electrons. The molecule has 1 aromatic rings. The Balaban J connectivity index is 3.13. The average molecular weight is 225 g/mol. The van der Waals surface area contributed by atoms with Gasteiger partial charge >= 0.3 is 5.69 Å². The predicted molar refractivity (Wildman–Crippen MR) is 57.8 cm³/mol. The number of nitrogens with two attached hydrogens (primary N) is 2. The molecule has 0 aliphatic heterocycles. The third-order valence-corrected chi connectivity index (χ3v) is 1.83. The van der Waals surface area contributed by atoms with Crippen molar-refractivity contribution in [3.05, 3.63) is 22.2 Å². The molecule has 0 atom stereocenters. The maximum atomic E-state index is 10.7. The van der Waals surface area contributed by atoms with Gasteiger partial charge in [0.2, 0.25) is 11.7 Å². The monoisotopic (exact) mass is 225 g/mol. The molecule has 8 heteroatoms. The quantitative estimate of drug-likeness (QED) is 0.524. The van der Waals surface area contributed by atoms with Crippen LogP contribution >= 0.6 is 0 Å². The second kappa shape index (κ2) is 4.43. The van der Waals surface area contributed by atoms with Gasteiger partial charge in [-0.25, -0.2) is 4.98 Å². The molecule has 0 saturated heterocycles. The summed E-state index contributed by atoms with van der Waals surface area (Å²) < 4.78 is 0. The molecule has 0 radical (unpaired) electrons. The number of nitro groups is 1. The molecular formula is C8H11N5O3. The molecule has 0 fully saturated rings. The van der Waals surface area contributed by atoms with Gasteiger partial charge in [0.25, 0.3) is 0 Å². The molecule has 0 aliphatic rings. The van der Waals surface area contributed by atoms with E-state index < -0.39 is 10.8 Å². The zero-order valence-corrected chi connectivity index (χ0v) is 8.58. The molecule has 0 saturated carbocycles. The first-order valence-corrected chi connectivity index (χ1v) is 4.32. The largest absolute Gasteiger partial charge is 0.384 e. The predicted octanol–water partition coefficient (Wildman–Crippen LogP) is -0.506. The van der Waals surface area contributed by atoms with E-state index in [-0.39, 0.29) is 23.9 Å². The van der Waals surface area contributed by atoms with Crippen molar-refractivity contribution in [2.45, 2.75) is 0 Å². The van der Waals surface area contributed by atoms with Crippen LogP contribution in [0, 0.1) is 10.1 Å². The fourth-order valence-electron chi connectivity index (χ4n) is 1.19. The lowest BCUT2D eigenvalue weighted by Gasteiger charge is -2.15. The van der Waals surface area contributed by atoms with Crippen molar-refractivity contribution < 1.29 is 9.72 Å². The summed E-state index contributed by atoms with van der Waals surface area (Å²) >= 11 is 0. The average Bonchev–Trinajstić information content (AvgIpc) is 2.15. The van der Waals surface area contributed by atoms with E-state index in [1.54, 1.807) is 0 Å². The van der Waals surface area contributed by atoms with Crippen molar-refractivity contribution in [2.24, 2.45) is 5.73 Å². The van der Waals surface area contributed by atoms with Crippen molar-refractivity contribution in [1.29, 1.82) is 0 Å². The van der Waals surface area contributed by atoms with Crippen LogP contribution in [0.5, 0.6) is 0 Å². The number of aromatic nitrogens is 1. The molecule has 8 nitrogen and oxygen atoms in total. The molecule has 0 aliphatic carbocycles. The van der Waals surface area contributed by atoms with Crippen LogP contribution in [0.2, 0.25) is 0 Å².